The van der Waals surface area contributed by atoms with Crippen LogP contribution in [0.3, 0.4) is 0 Å². The van der Waals surface area contributed by atoms with Crippen LogP contribution in [0.25, 0.3) is 0 Å². The van der Waals surface area contributed by atoms with Crippen molar-refractivity contribution in [2.45, 2.75) is 105 Å². The van der Waals surface area contributed by atoms with Gasteiger partial charge in [0.05, 0.1) is 6.10 Å². The number of allylic oxidation sites excluding steroid dienone is 3. The highest BCUT2D eigenvalue weighted by molar-refractivity contribution is 6.06. The highest BCUT2D eigenvalue weighted by Crippen LogP contribution is 2.60. The Hall–Kier alpha value is -0.890. The van der Waals surface area contributed by atoms with E-state index in [1.54, 1.807) is 11.1 Å². The second-order valence-electron chi connectivity index (χ2n) is 11.9. The van der Waals surface area contributed by atoms with Gasteiger partial charge in [-0.3, -0.25) is 4.99 Å². The molecule has 0 aromatic rings. The fourth-order valence-corrected chi connectivity index (χ4v) is 7.66. The van der Waals surface area contributed by atoms with Gasteiger partial charge < -0.3 is 5.11 Å². The first-order valence-electron chi connectivity index (χ1n) is 12.8. The van der Waals surface area contributed by atoms with Crippen LogP contribution in [0.1, 0.15) is 98.8 Å². The zero-order chi connectivity index (χ0) is 21.7. The molecule has 168 valence electrons. The largest absolute Gasteiger partial charge is 0.393 e. The van der Waals surface area contributed by atoms with E-state index in [0.717, 1.165) is 31.2 Å². The van der Waals surface area contributed by atoms with E-state index in [2.05, 4.69) is 41.2 Å². The van der Waals surface area contributed by atoms with Gasteiger partial charge in [-0.05, 0) is 98.9 Å². The maximum Gasteiger partial charge on any atom is 0.0543 e. The number of aliphatic hydroxyl groups excluding tert-OH is 1. The molecule has 3 aliphatic carbocycles. The quantitative estimate of drug-likeness (QED) is 0.479. The Morgan fingerprint density at radius 1 is 1.10 bits per heavy atom. The van der Waals surface area contributed by atoms with E-state index < -0.39 is 0 Å². The van der Waals surface area contributed by atoms with Crippen molar-refractivity contribution >= 4 is 5.71 Å². The number of fused-ring (bicyclic) bond motifs is 4. The van der Waals surface area contributed by atoms with Crippen molar-refractivity contribution in [3.05, 3.63) is 23.3 Å². The summed E-state index contributed by atoms with van der Waals surface area (Å²) in [4.78, 5) is 5.24. The minimum atomic E-state index is -0.0723. The van der Waals surface area contributed by atoms with Gasteiger partial charge in [-0.1, -0.05) is 52.3 Å². The number of nitrogens with zero attached hydrogens (tertiary/aromatic N) is 1. The van der Waals surface area contributed by atoms with Crippen LogP contribution in [0.4, 0.5) is 0 Å². The van der Waals surface area contributed by atoms with Crippen LogP contribution in [-0.4, -0.2) is 23.5 Å². The Bertz CT molecular complexity index is 746. The minimum Gasteiger partial charge on any atom is -0.393 e. The first-order valence-corrected chi connectivity index (χ1v) is 12.8. The van der Waals surface area contributed by atoms with Crippen molar-refractivity contribution in [3.63, 3.8) is 0 Å². The molecule has 1 aliphatic heterocycles. The summed E-state index contributed by atoms with van der Waals surface area (Å²) in [6, 6.07) is 0. The molecule has 4 aliphatic rings. The smallest absolute Gasteiger partial charge is 0.0543 e. The number of aliphatic hydroxyl groups is 1. The summed E-state index contributed by atoms with van der Waals surface area (Å²) in [6.07, 6.45) is 11.8. The Morgan fingerprint density at radius 2 is 1.87 bits per heavy atom. The third-order valence-corrected chi connectivity index (χ3v) is 9.92. The van der Waals surface area contributed by atoms with Gasteiger partial charge in [0.25, 0.3) is 0 Å². The van der Waals surface area contributed by atoms with Crippen LogP contribution in [0.15, 0.2) is 28.3 Å². The second-order valence-corrected chi connectivity index (χ2v) is 11.9. The summed E-state index contributed by atoms with van der Waals surface area (Å²) in [5.41, 5.74) is 6.87. The molecule has 1 fully saturated rings. The lowest BCUT2D eigenvalue weighted by Crippen LogP contribution is -2.50. The molecule has 0 radical (unpaired) electrons. The standard InChI is InChI=1S/C28H45NO/c1-18(2)19(3)7-8-20(4)24-13-16-29-26-23-10-9-21-17-22(30)11-14-27(21,5)25(23)12-15-28(24,26)6/h18,20-22,24,30H,3,7-17H2,1-2,4-6H3/t20-,21?,22+,24-,27+,28-/m1/s1. The Kier molecular flexibility index (Phi) is 6.12. The van der Waals surface area contributed by atoms with Gasteiger partial charge in [-0.25, -0.2) is 0 Å². The number of hydrogen-bond acceptors (Lipinski definition) is 2. The molecule has 1 N–H and O–H groups in total. The van der Waals surface area contributed by atoms with Gasteiger partial charge in [0.1, 0.15) is 0 Å². The van der Waals surface area contributed by atoms with Crippen molar-refractivity contribution in [3.8, 4) is 0 Å². The first kappa shape index (κ1) is 22.3. The Balaban J connectivity index is 1.58. The molecule has 0 aromatic heterocycles. The van der Waals surface area contributed by atoms with Gasteiger partial charge in [0.2, 0.25) is 0 Å². The topological polar surface area (TPSA) is 32.6 Å². The molecule has 0 aromatic carbocycles. The highest BCUT2D eigenvalue weighted by Gasteiger charge is 2.52. The van der Waals surface area contributed by atoms with Crippen LogP contribution in [0.5, 0.6) is 0 Å². The van der Waals surface area contributed by atoms with Crippen molar-refractivity contribution in [1.82, 2.24) is 0 Å². The van der Waals surface area contributed by atoms with Crippen molar-refractivity contribution < 1.29 is 5.11 Å². The average molecular weight is 412 g/mol. The lowest BCUT2D eigenvalue weighted by molar-refractivity contribution is 0.0239. The highest BCUT2D eigenvalue weighted by atomic mass is 16.3. The van der Waals surface area contributed by atoms with E-state index >= 15 is 0 Å². The maximum absolute atomic E-state index is 10.3. The zero-order valence-corrected chi connectivity index (χ0v) is 20.3. The van der Waals surface area contributed by atoms with Crippen LogP contribution >= 0.6 is 0 Å². The van der Waals surface area contributed by atoms with E-state index in [4.69, 9.17) is 4.99 Å². The number of rotatable bonds is 5. The summed E-state index contributed by atoms with van der Waals surface area (Å²) in [7, 11) is 0. The van der Waals surface area contributed by atoms with Crippen molar-refractivity contribution in [2.24, 2.45) is 39.5 Å². The fourth-order valence-electron chi connectivity index (χ4n) is 7.66. The molecule has 2 heteroatoms. The fraction of sp³-hybridized carbons (Fsp3) is 0.821. The van der Waals surface area contributed by atoms with Gasteiger partial charge in [0.15, 0.2) is 0 Å². The molecule has 1 unspecified atom stereocenters. The molecule has 6 atom stereocenters. The molecule has 0 spiro atoms. The molecular formula is C28H45NO. The Labute approximate surface area is 185 Å². The molecule has 30 heavy (non-hydrogen) atoms. The van der Waals surface area contributed by atoms with Gasteiger partial charge in [0, 0.05) is 17.7 Å². The number of aliphatic imine (C=N–C) groups is 1. The molecule has 1 heterocycles. The molecule has 0 saturated heterocycles. The van der Waals surface area contributed by atoms with Crippen molar-refractivity contribution in [1.29, 1.82) is 0 Å². The third-order valence-electron chi connectivity index (χ3n) is 9.92. The van der Waals surface area contributed by atoms with Crippen LogP contribution in [0, 0.1) is 34.5 Å². The predicted molar refractivity (Wildman–Crippen MR) is 128 cm³/mol. The minimum absolute atomic E-state index is 0.0723. The summed E-state index contributed by atoms with van der Waals surface area (Å²) >= 11 is 0. The van der Waals surface area contributed by atoms with Gasteiger partial charge >= 0.3 is 0 Å². The normalized spacial score (nSPS) is 39.7. The Morgan fingerprint density at radius 3 is 2.60 bits per heavy atom. The van der Waals surface area contributed by atoms with E-state index in [1.165, 1.54) is 62.7 Å². The van der Waals surface area contributed by atoms with Crippen molar-refractivity contribution in [2.75, 3.05) is 6.54 Å². The second kappa shape index (κ2) is 8.23. The van der Waals surface area contributed by atoms with E-state index in [-0.39, 0.29) is 11.5 Å². The van der Waals surface area contributed by atoms with Crippen LogP contribution in [-0.2, 0) is 0 Å². The molecule has 0 bridgehead atoms. The SMILES string of the molecule is C=C(CC[C@@H](C)[C@H]1CCN=C2C3=C(CC[C@@]21C)[C@@]1(C)CC[C@H](O)CC1CC3)C(C)C. The van der Waals surface area contributed by atoms with Crippen LogP contribution < -0.4 is 0 Å². The monoisotopic (exact) mass is 411 g/mol. The lowest BCUT2D eigenvalue weighted by atomic mass is 9.50. The third kappa shape index (κ3) is 3.65. The molecule has 4 rings (SSSR count). The van der Waals surface area contributed by atoms with E-state index in [1.807, 2.05) is 0 Å². The zero-order valence-electron chi connectivity index (χ0n) is 20.3. The summed E-state index contributed by atoms with van der Waals surface area (Å²) in [5.74, 6) is 2.75. The summed E-state index contributed by atoms with van der Waals surface area (Å²) < 4.78 is 0. The van der Waals surface area contributed by atoms with Gasteiger partial charge in [-0.2, -0.15) is 0 Å². The molecule has 1 saturated carbocycles. The number of hydrogen-bond donors (Lipinski definition) is 1. The van der Waals surface area contributed by atoms with Gasteiger partial charge in [-0.15, -0.1) is 0 Å². The summed E-state index contributed by atoms with van der Waals surface area (Å²) in [6.45, 7) is 17.4. The predicted octanol–water partition coefficient (Wildman–Crippen LogP) is 7.13. The summed E-state index contributed by atoms with van der Waals surface area (Å²) in [5, 5.41) is 10.3. The maximum atomic E-state index is 10.3. The van der Waals surface area contributed by atoms with E-state index in [9.17, 15) is 5.11 Å². The lowest BCUT2D eigenvalue weighted by Gasteiger charge is -2.55. The van der Waals surface area contributed by atoms with E-state index in [0.29, 0.717) is 17.3 Å². The molecule has 2 nitrogen and oxygen atoms in total. The van der Waals surface area contributed by atoms with Crippen LogP contribution in [0.2, 0.25) is 0 Å². The molecular weight excluding hydrogens is 366 g/mol. The average Bonchev–Trinajstić information content (AvgIpc) is 2.71. The molecule has 0 amide bonds. The first-order chi connectivity index (χ1) is 14.2.